The van der Waals surface area contributed by atoms with Crippen LogP contribution in [-0.4, -0.2) is 71.3 Å². The van der Waals surface area contributed by atoms with Crippen molar-refractivity contribution < 1.29 is 14.4 Å². The smallest absolute Gasteiger partial charge is 0.327 e. The number of likely N-dealkylation sites (tertiary alicyclic amines) is 1. The van der Waals surface area contributed by atoms with Gasteiger partial charge in [-0.05, 0) is 51.3 Å². The minimum atomic E-state index is -0.740. The molecular weight excluding hydrogens is 392 g/mol. The lowest BCUT2D eigenvalue weighted by Gasteiger charge is -2.35. The number of benzene rings is 1. The standard InChI is InChI=1S/C24H34N4O3/c1-18-8-10-19(11-9-18)20(27-14-6-7-15-27)16-25-21(29)17-28-22(30)24(26(2)23(28)31)12-4-3-5-13-24/h8-11,20H,3-7,12-17H2,1-2H3,(H,25,29). The quantitative estimate of drug-likeness (QED) is 0.710. The number of aryl methyl sites for hydroxylation is 1. The highest BCUT2D eigenvalue weighted by atomic mass is 16.2. The molecule has 1 saturated carbocycles. The second-order valence-electron chi connectivity index (χ2n) is 9.30. The summed E-state index contributed by atoms with van der Waals surface area (Å²) >= 11 is 0. The third-order valence-corrected chi connectivity index (χ3v) is 7.32. The zero-order valence-corrected chi connectivity index (χ0v) is 18.7. The number of hydrogen-bond donors (Lipinski definition) is 1. The van der Waals surface area contributed by atoms with E-state index in [2.05, 4.69) is 41.4 Å². The number of carbonyl (C=O) groups excluding carboxylic acids is 3. The van der Waals surface area contributed by atoms with Crippen LogP contribution in [0, 0.1) is 6.92 Å². The van der Waals surface area contributed by atoms with E-state index in [1.807, 2.05) is 0 Å². The number of nitrogens with one attached hydrogen (secondary N) is 1. The summed E-state index contributed by atoms with van der Waals surface area (Å²) in [6.07, 6.45) is 6.69. The fourth-order valence-electron chi connectivity index (χ4n) is 5.38. The molecule has 3 fully saturated rings. The summed E-state index contributed by atoms with van der Waals surface area (Å²) in [5.41, 5.74) is 1.65. The van der Waals surface area contributed by atoms with Crippen molar-refractivity contribution in [3.05, 3.63) is 35.4 Å². The molecule has 0 bridgehead atoms. The van der Waals surface area contributed by atoms with Crippen LogP contribution in [0.4, 0.5) is 4.79 Å². The summed E-state index contributed by atoms with van der Waals surface area (Å²) in [4.78, 5) is 43.8. The van der Waals surface area contributed by atoms with Gasteiger partial charge in [-0.1, -0.05) is 49.1 Å². The monoisotopic (exact) mass is 426 g/mol. The summed E-state index contributed by atoms with van der Waals surface area (Å²) in [6.45, 7) is 4.37. The fraction of sp³-hybridized carbons (Fsp3) is 0.625. The van der Waals surface area contributed by atoms with Crippen molar-refractivity contribution in [3.8, 4) is 0 Å². The molecule has 1 N–H and O–H groups in total. The normalized spacial score (nSPS) is 22.4. The van der Waals surface area contributed by atoms with E-state index in [-0.39, 0.29) is 30.4 Å². The van der Waals surface area contributed by atoms with E-state index in [0.29, 0.717) is 19.4 Å². The Bertz CT molecular complexity index is 826. The lowest BCUT2D eigenvalue weighted by atomic mass is 9.81. The molecule has 1 aliphatic carbocycles. The number of hydrogen-bond acceptors (Lipinski definition) is 4. The van der Waals surface area contributed by atoms with Gasteiger partial charge in [0.15, 0.2) is 0 Å². The molecule has 31 heavy (non-hydrogen) atoms. The first-order chi connectivity index (χ1) is 14.9. The molecule has 4 rings (SSSR count). The number of rotatable bonds is 6. The zero-order valence-electron chi connectivity index (χ0n) is 18.7. The molecule has 2 aliphatic heterocycles. The Morgan fingerprint density at radius 2 is 1.68 bits per heavy atom. The maximum absolute atomic E-state index is 13.1. The van der Waals surface area contributed by atoms with E-state index in [4.69, 9.17) is 0 Å². The van der Waals surface area contributed by atoms with Gasteiger partial charge in [-0.2, -0.15) is 0 Å². The molecule has 3 aliphatic rings. The molecule has 2 heterocycles. The highest BCUT2D eigenvalue weighted by Crippen LogP contribution is 2.39. The topological polar surface area (TPSA) is 73.0 Å². The lowest BCUT2D eigenvalue weighted by Crippen LogP contribution is -2.49. The molecule has 1 aromatic rings. The minimum absolute atomic E-state index is 0.101. The first kappa shape index (κ1) is 21.8. The van der Waals surface area contributed by atoms with Gasteiger partial charge in [0, 0.05) is 13.6 Å². The predicted molar refractivity (Wildman–Crippen MR) is 118 cm³/mol. The van der Waals surface area contributed by atoms with Crippen LogP contribution in [0.5, 0.6) is 0 Å². The molecule has 7 heteroatoms. The van der Waals surface area contributed by atoms with E-state index < -0.39 is 5.54 Å². The van der Waals surface area contributed by atoms with Crippen LogP contribution in [0.1, 0.15) is 62.1 Å². The Balaban J connectivity index is 1.41. The van der Waals surface area contributed by atoms with Crippen LogP contribution in [0.3, 0.4) is 0 Å². The Labute approximate surface area is 184 Å². The zero-order chi connectivity index (χ0) is 22.0. The van der Waals surface area contributed by atoms with Crippen molar-refractivity contribution in [2.24, 2.45) is 0 Å². The van der Waals surface area contributed by atoms with Gasteiger partial charge in [0.05, 0.1) is 6.04 Å². The van der Waals surface area contributed by atoms with Crippen LogP contribution < -0.4 is 5.32 Å². The molecule has 0 radical (unpaired) electrons. The van der Waals surface area contributed by atoms with E-state index >= 15 is 0 Å². The van der Waals surface area contributed by atoms with Crippen molar-refractivity contribution in [1.29, 1.82) is 0 Å². The molecule has 1 spiro atoms. The van der Waals surface area contributed by atoms with Crippen LogP contribution in [0.2, 0.25) is 0 Å². The Kier molecular flexibility index (Phi) is 6.32. The number of imide groups is 1. The van der Waals surface area contributed by atoms with Gasteiger partial charge in [-0.25, -0.2) is 4.79 Å². The Morgan fingerprint density at radius 1 is 1.03 bits per heavy atom. The maximum Gasteiger partial charge on any atom is 0.327 e. The third-order valence-electron chi connectivity index (χ3n) is 7.32. The molecule has 1 unspecified atom stereocenters. The number of amides is 4. The second-order valence-corrected chi connectivity index (χ2v) is 9.30. The Hall–Kier alpha value is -2.41. The number of likely N-dealkylation sites (N-methyl/N-ethyl adjacent to an activating group) is 1. The first-order valence-corrected chi connectivity index (χ1v) is 11.6. The van der Waals surface area contributed by atoms with Crippen LogP contribution in [0.25, 0.3) is 0 Å². The second kappa shape index (κ2) is 8.99. The molecule has 7 nitrogen and oxygen atoms in total. The van der Waals surface area contributed by atoms with Crippen molar-refractivity contribution in [2.45, 2.75) is 63.5 Å². The molecule has 1 aromatic carbocycles. The van der Waals surface area contributed by atoms with Crippen molar-refractivity contribution >= 4 is 17.8 Å². The summed E-state index contributed by atoms with van der Waals surface area (Å²) in [5, 5.41) is 3.00. The van der Waals surface area contributed by atoms with Gasteiger partial charge in [0.25, 0.3) is 5.91 Å². The molecule has 0 aromatic heterocycles. The van der Waals surface area contributed by atoms with Crippen LogP contribution >= 0.6 is 0 Å². The van der Waals surface area contributed by atoms with E-state index in [1.54, 1.807) is 11.9 Å². The van der Waals surface area contributed by atoms with E-state index in [1.165, 1.54) is 24.0 Å². The highest BCUT2D eigenvalue weighted by Gasteiger charge is 2.55. The number of carbonyl (C=O) groups is 3. The van der Waals surface area contributed by atoms with Gasteiger partial charge < -0.3 is 10.2 Å². The van der Waals surface area contributed by atoms with Gasteiger partial charge >= 0.3 is 6.03 Å². The average molecular weight is 427 g/mol. The van der Waals surface area contributed by atoms with Crippen LogP contribution in [-0.2, 0) is 9.59 Å². The van der Waals surface area contributed by atoms with Crippen molar-refractivity contribution in [1.82, 2.24) is 20.0 Å². The summed E-state index contributed by atoms with van der Waals surface area (Å²) in [7, 11) is 1.70. The van der Waals surface area contributed by atoms with Crippen molar-refractivity contribution in [3.63, 3.8) is 0 Å². The molecule has 168 valence electrons. The van der Waals surface area contributed by atoms with Gasteiger partial charge in [-0.3, -0.25) is 19.4 Å². The largest absolute Gasteiger partial charge is 0.353 e. The van der Waals surface area contributed by atoms with E-state index in [9.17, 15) is 14.4 Å². The van der Waals surface area contributed by atoms with Gasteiger partial charge in [-0.15, -0.1) is 0 Å². The summed E-state index contributed by atoms with van der Waals surface area (Å²) < 4.78 is 0. The van der Waals surface area contributed by atoms with Gasteiger partial charge in [0.2, 0.25) is 5.91 Å². The minimum Gasteiger partial charge on any atom is -0.353 e. The Morgan fingerprint density at radius 3 is 2.32 bits per heavy atom. The number of urea groups is 1. The van der Waals surface area contributed by atoms with Gasteiger partial charge in [0.1, 0.15) is 12.1 Å². The fourth-order valence-corrected chi connectivity index (χ4v) is 5.38. The molecule has 2 saturated heterocycles. The average Bonchev–Trinajstić information content (AvgIpc) is 3.36. The maximum atomic E-state index is 13.1. The summed E-state index contributed by atoms with van der Waals surface area (Å²) in [5.74, 6) is -0.483. The molecular formula is C24H34N4O3. The first-order valence-electron chi connectivity index (χ1n) is 11.6. The highest BCUT2D eigenvalue weighted by molar-refractivity contribution is 6.08. The molecule has 1 atom stereocenters. The summed E-state index contributed by atoms with van der Waals surface area (Å²) in [6, 6.07) is 8.20. The van der Waals surface area contributed by atoms with E-state index in [0.717, 1.165) is 37.3 Å². The van der Waals surface area contributed by atoms with Crippen molar-refractivity contribution in [2.75, 3.05) is 33.2 Å². The predicted octanol–water partition coefficient (Wildman–Crippen LogP) is 2.85. The third kappa shape index (κ3) is 4.20. The lowest BCUT2D eigenvalue weighted by molar-refractivity contribution is -0.137. The van der Waals surface area contributed by atoms with Crippen LogP contribution in [0.15, 0.2) is 24.3 Å². The SMILES string of the molecule is Cc1ccc(C(CNC(=O)CN2C(=O)N(C)C3(CCCCC3)C2=O)N2CCCC2)cc1. The number of nitrogens with zero attached hydrogens (tertiary/aromatic N) is 3. The molecule has 4 amide bonds.